The molecule has 0 atom stereocenters. The Hall–Kier alpha value is -1.90. The van der Waals surface area contributed by atoms with Crippen LogP contribution in [0, 0.1) is 0 Å². The average Bonchev–Trinajstić information content (AvgIpc) is 2.63. The number of hydrogen-bond donors (Lipinski definition) is 0. The first-order chi connectivity index (χ1) is 11.8. The Bertz CT molecular complexity index is 832. The molecule has 3 aromatic carbocycles. The quantitative estimate of drug-likeness (QED) is 0.666. The summed E-state index contributed by atoms with van der Waals surface area (Å²) in [6.07, 6.45) is 2.41. The first-order valence-corrected chi connectivity index (χ1v) is 9.11. The number of hydrogen-bond acceptors (Lipinski definition) is 2. The Morgan fingerprint density at radius 3 is 2.25 bits per heavy atom. The van der Waals surface area contributed by atoms with Gasteiger partial charge >= 0.3 is 0 Å². The van der Waals surface area contributed by atoms with E-state index in [1.807, 2.05) is 0 Å². The maximum absolute atomic E-state index is 2.61. The number of aryl methyl sites for hydroxylation is 1. The molecule has 0 amide bonds. The summed E-state index contributed by atoms with van der Waals surface area (Å²) in [5, 5.41) is 5.56. The van der Waals surface area contributed by atoms with Gasteiger partial charge in [0.05, 0.1) is 0 Å². The summed E-state index contributed by atoms with van der Waals surface area (Å²) in [7, 11) is 2.22. The van der Waals surface area contributed by atoms with Gasteiger partial charge in [0, 0.05) is 26.2 Å². The van der Waals surface area contributed by atoms with Gasteiger partial charge in [0.25, 0.3) is 0 Å². The van der Waals surface area contributed by atoms with E-state index in [2.05, 4.69) is 71.4 Å². The number of rotatable bonds is 4. The molecule has 124 valence electrons. The Balaban J connectivity index is 1.54. The van der Waals surface area contributed by atoms with E-state index in [1.165, 1.54) is 66.3 Å². The van der Waals surface area contributed by atoms with Gasteiger partial charge in [0.15, 0.2) is 0 Å². The van der Waals surface area contributed by atoms with Gasteiger partial charge in [0.1, 0.15) is 0 Å². The Kier molecular flexibility index (Phi) is 4.50. The summed E-state index contributed by atoms with van der Waals surface area (Å²) in [6.45, 7) is 6.07. The maximum Gasteiger partial charge on any atom is 0.0110 e. The Labute approximate surface area is 144 Å². The van der Waals surface area contributed by atoms with Crippen LogP contribution in [-0.4, -0.2) is 49.6 Å². The van der Waals surface area contributed by atoms with Gasteiger partial charge < -0.3 is 9.80 Å². The molecule has 0 unspecified atom stereocenters. The van der Waals surface area contributed by atoms with Crippen LogP contribution in [0.1, 0.15) is 12.0 Å². The van der Waals surface area contributed by atoms with Crippen LogP contribution in [0.4, 0.5) is 0 Å². The van der Waals surface area contributed by atoms with Crippen molar-refractivity contribution in [1.82, 2.24) is 9.80 Å². The van der Waals surface area contributed by atoms with Crippen LogP contribution in [0.2, 0.25) is 0 Å². The molecule has 1 fully saturated rings. The minimum atomic E-state index is 1.16. The summed E-state index contributed by atoms with van der Waals surface area (Å²) in [5.41, 5.74) is 1.50. The Morgan fingerprint density at radius 2 is 1.46 bits per heavy atom. The zero-order valence-electron chi connectivity index (χ0n) is 14.5. The van der Waals surface area contributed by atoms with Gasteiger partial charge in [0.2, 0.25) is 0 Å². The van der Waals surface area contributed by atoms with E-state index in [1.54, 1.807) is 0 Å². The van der Waals surface area contributed by atoms with Crippen molar-refractivity contribution in [2.75, 3.05) is 39.8 Å². The lowest BCUT2D eigenvalue weighted by Gasteiger charge is -2.32. The smallest absolute Gasteiger partial charge is 0.0110 e. The third-order valence-electron chi connectivity index (χ3n) is 5.37. The van der Waals surface area contributed by atoms with Crippen molar-refractivity contribution in [3.05, 3.63) is 60.2 Å². The summed E-state index contributed by atoms with van der Waals surface area (Å²) in [6, 6.07) is 20.0. The topological polar surface area (TPSA) is 6.48 Å². The fourth-order valence-electron chi connectivity index (χ4n) is 3.90. The van der Waals surface area contributed by atoms with Crippen LogP contribution in [0.3, 0.4) is 0 Å². The average molecular weight is 318 g/mol. The second-order valence-electron chi connectivity index (χ2n) is 7.05. The monoisotopic (exact) mass is 318 g/mol. The van der Waals surface area contributed by atoms with Crippen molar-refractivity contribution < 1.29 is 0 Å². The lowest BCUT2D eigenvalue weighted by molar-refractivity contribution is 0.153. The molecule has 0 N–H and O–H groups in total. The third-order valence-corrected chi connectivity index (χ3v) is 5.37. The number of piperazine rings is 1. The largest absolute Gasteiger partial charge is 0.304 e. The lowest BCUT2D eigenvalue weighted by Crippen LogP contribution is -2.44. The summed E-state index contributed by atoms with van der Waals surface area (Å²) >= 11 is 0. The fourth-order valence-corrected chi connectivity index (χ4v) is 3.90. The molecule has 0 aliphatic carbocycles. The third kappa shape index (κ3) is 3.17. The van der Waals surface area contributed by atoms with E-state index in [-0.39, 0.29) is 0 Å². The predicted octanol–water partition coefficient (Wildman–Crippen LogP) is 4.17. The standard InChI is InChI=1S/C22H26N2/c1-23-13-15-24(16-14-23)12-6-8-19-17-18-7-2-3-9-20(18)22-11-5-4-10-21(19)22/h2-5,7,9-11,17H,6,8,12-16H2,1H3. The first-order valence-electron chi connectivity index (χ1n) is 9.11. The van der Waals surface area contributed by atoms with E-state index in [0.29, 0.717) is 0 Å². The molecule has 24 heavy (non-hydrogen) atoms. The highest BCUT2D eigenvalue weighted by molar-refractivity contribution is 6.08. The van der Waals surface area contributed by atoms with Crippen molar-refractivity contribution in [1.29, 1.82) is 0 Å². The molecular weight excluding hydrogens is 292 g/mol. The van der Waals surface area contributed by atoms with E-state index < -0.39 is 0 Å². The molecule has 2 nitrogen and oxygen atoms in total. The molecule has 4 rings (SSSR count). The van der Waals surface area contributed by atoms with Crippen molar-refractivity contribution in [3.63, 3.8) is 0 Å². The van der Waals surface area contributed by atoms with Crippen molar-refractivity contribution >= 4 is 21.5 Å². The van der Waals surface area contributed by atoms with Crippen LogP contribution >= 0.6 is 0 Å². The van der Waals surface area contributed by atoms with Crippen molar-refractivity contribution in [2.45, 2.75) is 12.8 Å². The summed E-state index contributed by atoms with van der Waals surface area (Å²) in [5.74, 6) is 0. The second-order valence-corrected chi connectivity index (χ2v) is 7.05. The minimum absolute atomic E-state index is 1.16. The van der Waals surface area contributed by atoms with E-state index in [0.717, 1.165) is 6.42 Å². The molecule has 1 aliphatic rings. The van der Waals surface area contributed by atoms with Crippen LogP contribution in [0.25, 0.3) is 21.5 Å². The molecule has 0 saturated carbocycles. The fraction of sp³-hybridized carbons (Fsp3) is 0.364. The molecule has 2 heteroatoms. The van der Waals surface area contributed by atoms with Crippen LogP contribution in [0.15, 0.2) is 54.6 Å². The van der Waals surface area contributed by atoms with Gasteiger partial charge in [-0.15, -0.1) is 0 Å². The zero-order chi connectivity index (χ0) is 16.4. The number of nitrogens with zero attached hydrogens (tertiary/aromatic N) is 2. The molecule has 3 aromatic rings. The molecule has 0 aromatic heterocycles. The number of fused-ring (bicyclic) bond motifs is 3. The van der Waals surface area contributed by atoms with Crippen LogP contribution in [0.5, 0.6) is 0 Å². The molecule has 0 radical (unpaired) electrons. The van der Waals surface area contributed by atoms with Crippen molar-refractivity contribution in [2.24, 2.45) is 0 Å². The second kappa shape index (κ2) is 6.92. The van der Waals surface area contributed by atoms with Crippen molar-refractivity contribution in [3.8, 4) is 0 Å². The highest BCUT2D eigenvalue weighted by Gasteiger charge is 2.13. The SMILES string of the molecule is CN1CCN(CCCc2cc3ccccc3c3ccccc23)CC1. The minimum Gasteiger partial charge on any atom is -0.304 e. The number of benzene rings is 3. The van der Waals surface area contributed by atoms with E-state index >= 15 is 0 Å². The van der Waals surface area contributed by atoms with Crippen LogP contribution in [-0.2, 0) is 6.42 Å². The molecule has 1 heterocycles. The van der Waals surface area contributed by atoms with E-state index in [9.17, 15) is 0 Å². The summed E-state index contributed by atoms with van der Waals surface area (Å²) in [4.78, 5) is 5.04. The lowest BCUT2D eigenvalue weighted by atomic mass is 9.95. The maximum atomic E-state index is 2.61. The zero-order valence-corrected chi connectivity index (χ0v) is 14.5. The van der Waals surface area contributed by atoms with Gasteiger partial charge in [-0.1, -0.05) is 54.6 Å². The van der Waals surface area contributed by atoms with E-state index in [4.69, 9.17) is 0 Å². The molecule has 1 saturated heterocycles. The van der Waals surface area contributed by atoms with Gasteiger partial charge in [-0.3, -0.25) is 0 Å². The Morgan fingerprint density at radius 1 is 0.792 bits per heavy atom. The molecule has 1 aliphatic heterocycles. The molecule has 0 bridgehead atoms. The molecule has 0 spiro atoms. The molecular formula is C22H26N2. The van der Waals surface area contributed by atoms with Gasteiger partial charge in [-0.25, -0.2) is 0 Å². The summed E-state index contributed by atoms with van der Waals surface area (Å²) < 4.78 is 0. The van der Waals surface area contributed by atoms with Gasteiger partial charge in [-0.05, 0) is 53.5 Å². The highest BCUT2D eigenvalue weighted by Crippen LogP contribution is 2.29. The highest BCUT2D eigenvalue weighted by atomic mass is 15.2. The van der Waals surface area contributed by atoms with Crippen LogP contribution < -0.4 is 0 Å². The normalized spacial score (nSPS) is 16.9. The predicted molar refractivity (Wildman–Crippen MR) is 104 cm³/mol. The number of likely N-dealkylation sites (N-methyl/N-ethyl adjacent to an activating group) is 1. The first kappa shape index (κ1) is 15.6. The van der Waals surface area contributed by atoms with Gasteiger partial charge in [-0.2, -0.15) is 0 Å².